The highest BCUT2D eigenvalue weighted by molar-refractivity contribution is 6.90. The summed E-state index contributed by atoms with van der Waals surface area (Å²) in [5.41, 5.74) is 20.8. The zero-order valence-electron chi connectivity index (χ0n) is 46.3. The van der Waals surface area contributed by atoms with Gasteiger partial charge in [-0.2, -0.15) is 0 Å². The van der Waals surface area contributed by atoms with Crippen LogP contribution in [0.3, 0.4) is 0 Å². The molecule has 0 bridgehead atoms. The second-order valence-electron chi connectivity index (χ2n) is 27.9. The van der Waals surface area contributed by atoms with E-state index < -0.39 is 0 Å². The second-order valence-corrected chi connectivity index (χ2v) is 27.9. The van der Waals surface area contributed by atoms with Crippen molar-refractivity contribution in [2.45, 2.75) is 157 Å². The van der Waals surface area contributed by atoms with Crippen molar-refractivity contribution < 1.29 is 4.42 Å². The Balaban J connectivity index is 1.37. The molecule has 0 aliphatic carbocycles. The molecule has 0 spiro atoms. The van der Waals surface area contributed by atoms with Gasteiger partial charge in [-0.05, 0) is 152 Å². The highest BCUT2D eigenvalue weighted by atomic mass is 16.3. The van der Waals surface area contributed by atoms with Crippen LogP contribution in [0, 0.1) is 0 Å². The van der Waals surface area contributed by atoms with E-state index in [-0.39, 0.29) is 39.3 Å². The maximum atomic E-state index is 7.14. The molecule has 4 heteroatoms. The number of benzene rings is 8. The molecule has 0 unspecified atom stereocenters. The molecule has 0 saturated carbocycles. The maximum absolute atomic E-state index is 7.14. The number of para-hydroxylation sites is 1. The van der Waals surface area contributed by atoms with E-state index in [1.165, 1.54) is 121 Å². The van der Waals surface area contributed by atoms with Crippen LogP contribution in [0.15, 0.2) is 120 Å². The highest BCUT2D eigenvalue weighted by Gasteiger charge is 2.46. The number of hydrogen-bond acceptors (Lipinski definition) is 2. The maximum Gasteiger partial charge on any atom is 0.333 e. The Labute approximate surface area is 428 Å². The lowest BCUT2D eigenvalue weighted by Gasteiger charge is -2.42. The number of rotatable bonds is 1. The standard InChI is InChI=1S/C68H73BN2O/c1-63(2,3)38-27-28-52-46(32-38)49-33-41(66(10,11)12)34-50-58-57-45-25-21-22-26-55(45)72-56(57)37-54-61(58)69(71(52)62(49)50)51-35-47-48(60(68(16,17)18)44-24-20-19-23-43(44)59(47)67(13,14)15)36-53(51)70(54)42-30-39(64(4,5)6)29-40(31-42)65(7,8)9/h19-37H,1-18H3. The van der Waals surface area contributed by atoms with Crippen molar-refractivity contribution >= 4 is 100 Å². The molecule has 0 atom stereocenters. The summed E-state index contributed by atoms with van der Waals surface area (Å²) in [6.45, 7) is 42.6. The molecule has 4 heterocycles. The molecule has 0 fully saturated rings. The Bertz CT molecular complexity index is 3950. The lowest BCUT2D eigenvalue weighted by molar-refractivity contribution is 0.568. The third-order valence-corrected chi connectivity index (χ3v) is 16.5. The molecule has 12 rings (SSSR count). The summed E-state index contributed by atoms with van der Waals surface area (Å²) in [6, 6.07) is 45.6. The fraction of sp³-hybridized carbons (Fsp3) is 0.353. The van der Waals surface area contributed by atoms with Crippen molar-refractivity contribution in [3.05, 3.63) is 149 Å². The van der Waals surface area contributed by atoms with E-state index in [0.29, 0.717) is 0 Å². The van der Waals surface area contributed by atoms with Gasteiger partial charge in [0.05, 0.1) is 0 Å². The van der Waals surface area contributed by atoms with Gasteiger partial charge < -0.3 is 13.8 Å². The van der Waals surface area contributed by atoms with Crippen LogP contribution in [0.2, 0.25) is 0 Å². The van der Waals surface area contributed by atoms with Gasteiger partial charge in [-0.25, -0.2) is 0 Å². The smallest absolute Gasteiger partial charge is 0.333 e. The van der Waals surface area contributed by atoms with Crippen LogP contribution in [0.4, 0.5) is 17.1 Å². The van der Waals surface area contributed by atoms with Crippen molar-refractivity contribution in [1.29, 1.82) is 0 Å². The van der Waals surface area contributed by atoms with Crippen LogP contribution in [0.1, 0.15) is 158 Å². The van der Waals surface area contributed by atoms with Crippen molar-refractivity contribution in [2.75, 3.05) is 4.90 Å². The topological polar surface area (TPSA) is 21.3 Å². The zero-order chi connectivity index (χ0) is 51.3. The highest BCUT2D eigenvalue weighted by Crippen LogP contribution is 2.53. The Morgan fingerprint density at radius 3 is 1.50 bits per heavy atom. The molecule has 8 aromatic carbocycles. The van der Waals surface area contributed by atoms with Gasteiger partial charge in [-0.15, -0.1) is 0 Å². The van der Waals surface area contributed by atoms with E-state index >= 15 is 0 Å². The van der Waals surface area contributed by atoms with Crippen LogP contribution >= 0.6 is 0 Å². The van der Waals surface area contributed by atoms with Gasteiger partial charge in [0.15, 0.2) is 0 Å². The third-order valence-electron chi connectivity index (χ3n) is 16.5. The van der Waals surface area contributed by atoms with Gasteiger partial charge in [0.25, 0.3) is 0 Å². The predicted octanol–water partition coefficient (Wildman–Crippen LogP) is 18.2. The van der Waals surface area contributed by atoms with E-state index in [1.54, 1.807) is 0 Å². The fourth-order valence-electron chi connectivity index (χ4n) is 12.9. The summed E-state index contributed by atoms with van der Waals surface area (Å²) >= 11 is 0. The third kappa shape index (κ3) is 6.76. The number of anilines is 3. The van der Waals surface area contributed by atoms with E-state index in [9.17, 15) is 0 Å². The van der Waals surface area contributed by atoms with E-state index in [4.69, 9.17) is 4.42 Å². The Morgan fingerprint density at radius 1 is 0.403 bits per heavy atom. The van der Waals surface area contributed by atoms with Crippen molar-refractivity contribution in [3.8, 4) is 11.1 Å². The molecular formula is C68H73BN2O. The number of furan rings is 1. The predicted molar refractivity (Wildman–Crippen MR) is 314 cm³/mol. The Morgan fingerprint density at radius 2 is 0.931 bits per heavy atom. The number of hydrogen-bond donors (Lipinski definition) is 0. The molecule has 0 radical (unpaired) electrons. The molecule has 10 aromatic rings. The molecule has 3 nitrogen and oxygen atoms in total. The largest absolute Gasteiger partial charge is 0.456 e. The molecule has 72 heavy (non-hydrogen) atoms. The molecule has 0 saturated heterocycles. The van der Waals surface area contributed by atoms with E-state index in [2.05, 4.69) is 249 Å². The van der Waals surface area contributed by atoms with Crippen LogP contribution in [-0.4, -0.2) is 11.3 Å². The number of aromatic nitrogens is 1. The number of fused-ring (bicyclic) bond motifs is 13. The van der Waals surface area contributed by atoms with Gasteiger partial charge in [0.1, 0.15) is 11.2 Å². The van der Waals surface area contributed by atoms with Gasteiger partial charge in [-0.1, -0.05) is 185 Å². The van der Waals surface area contributed by atoms with E-state index in [1.807, 2.05) is 0 Å². The zero-order valence-corrected chi connectivity index (χ0v) is 46.3. The molecular weight excluding hydrogens is 872 g/mol. The first kappa shape index (κ1) is 46.8. The normalized spacial score (nSPS) is 14.5. The SMILES string of the molecule is CC(C)(C)c1cc(N2c3cc4c(C(C)(C)C)c5ccccc5c(C(C)(C)C)c4cc3B3c4c2cc2oc5ccccc5c2c4-c2cc(C(C)(C)C)cc4c5cc(C(C)(C)C)ccc5n3c24)cc(C(C)(C)C)c1. The van der Waals surface area contributed by atoms with Gasteiger partial charge in [0.2, 0.25) is 0 Å². The molecule has 2 aliphatic heterocycles. The monoisotopic (exact) mass is 945 g/mol. The number of nitrogens with zero attached hydrogens (tertiary/aromatic N) is 2. The van der Waals surface area contributed by atoms with Gasteiger partial charge >= 0.3 is 6.85 Å². The summed E-state index contributed by atoms with van der Waals surface area (Å²) in [5, 5.41) is 10.4. The minimum absolute atomic E-state index is 0.0213. The van der Waals surface area contributed by atoms with Crippen molar-refractivity contribution in [3.63, 3.8) is 0 Å². The van der Waals surface area contributed by atoms with Crippen molar-refractivity contribution in [2.24, 2.45) is 0 Å². The lowest BCUT2D eigenvalue weighted by atomic mass is 9.44. The van der Waals surface area contributed by atoms with Gasteiger partial charge in [0, 0.05) is 61.3 Å². The summed E-state index contributed by atoms with van der Waals surface area (Å²) in [6.07, 6.45) is 0. The summed E-state index contributed by atoms with van der Waals surface area (Å²) < 4.78 is 9.92. The first-order valence-electron chi connectivity index (χ1n) is 26.6. The quantitative estimate of drug-likeness (QED) is 0.121. The lowest BCUT2D eigenvalue weighted by Crippen LogP contribution is -2.56. The Kier molecular flexibility index (Phi) is 9.56. The first-order chi connectivity index (χ1) is 33.5. The van der Waals surface area contributed by atoms with Gasteiger partial charge in [-0.3, -0.25) is 0 Å². The average Bonchev–Trinajstić information content (AvgIpc) is 3.82. The molecule has 2 aliphatic rings. The van der Waals surface area contributed by atoms with Crippen LogP contribution in [0.5, 0.6) is 0 Å². The molecule has 364 valence electrons. The molecule has 0 amide bonds. The van der Waals surface area contributed by atoms with Crippen LogP contribution in [0.25, 0.3) is 76.4 Å². The average molecular weight is 945 g/mol. The first-order valence-corrected chi connectivity index (χ1v) is 26.6. The molecule has 2 aromatic heterocycles. The summed E-state index contributed by atoms with van der Waals surface area (Å²) in [5.74, 6) is 0. The second kappa shape index (κ2) is 14.7. The van der Waals surface area contributed by atoms with Crippen LogP contribution < -0.4 is 15.8 Å². The fourth-order valence-corrected chi connectivity index (χ4v) is 12.9. The van der Waals surface area contributed by atoms with Crippen LogP contribution in [-0.2, 0) is 32.5 Å². The van der Waals surface area contributed by atoms with E-state index in [0.717, 1.165) is 16.6 Å². The minimum atomic E-state index is -0.152. The Hall–Kier alpha value is -6.26. The minimum Gasteiger partial charge on any atom is -0.456 e. The summed E-state index contributed by atoms with van der Waals surface area (Å²) in [7, 11) is 0. The molecule has 0 N–H and O–H groups in total. The van der Waals surface area contributed by atoms with Crippen molar-refractivity contribution in [1.82, 2.24) is 4.48 Å². The summed E-state index contributed by atoms with van der Waals surface area (Å²) in [4.78, 5) is 2.67.